The number of carbonyl (C=O) groups excluding carboxylic acids is 3. The Labute approximate surface area is 196 Å². The van der Waals surface area contributed by atoms with Crippen LogP contribution in [0.15, 0.2) is 47.7 Å². The lowest BCUT2D eigenvalue weighted by Gasteiger charge is -2.52. The van der Waals surface area contributed by atoms with Crippen LogP contribution in [0.25, 0.3) is 11.1 Å². The number of ketones is 3. The van der Waals surface area contributed by atoms with Gasteiger partial charge >= 0.3 is 0 Å². The van der Waals surface area contributed by atoms with Crippen LogP contribution in [0.5, 0.6) is 5.75 Å². The lowest BCUT2D eigenvalue weighted by atomic mass is 9.54. The molecule has 0 aliphatic heterocycles. The van der Waals surface area contributed by atoms with Crippen molar-refractivity contribution in [3.05, 3.63) is 64.4 Å². The van der Waals surface area contributed by atoms with Gasteiger partial charge in [-0.25, -0.2) is 0 Å². The highest BCUT2D eigenvalue weighted by atomic mass is 16.4. The first-order valence-electron chi connectivity index (χ1n) is 11.4. The van der Waals surface area contributed by atoms with E-state index in [4.69, 9.17) is 0 Å². The van der Waals surface area contributed by atoms with Crippen LogP contribution in [-0.2, 0) is 16.0 Å². The minimum absolute atomic E-state index is 0.0996. The fourth-order valence-corrected chi connectivity index (χ4v) is 6.18. The largest absolute Gasteiger partial charge is 0.508 e. The van der Waals surface area contributed by atoms with Gasteiger partial charge in [-0.05, 0) is 55.4 Å². The van der Waals surface area contributed by atoms with E-state index < -0.39 is 58.1 Å². The number of Topliss-reactive ketones (excluding diaryl/α,β-unsaturated/α-hetero) is 3. The van der Waals surface area contributed by atoms with Crippen LogP contribution in [0, 0.1) is 24.7 Å². The molecule has 0 heterocycles. The van der Waals surface area contributed by atoms with Crippen LogP contribution in [0.2, 0.25) is 0 Å². The van der Waals surface area contributed by atoms with E-state index in [-0.39, 0.29) is 24.2 Å². The molecule has 0 aromatic heterocycles. The predicted octanol–water partition coefficient (Wildman–Crippen LogP) is 2.82. The Hall–Kier alpha value is -3.29. The van der Waals surface area contributed by atoms with Gasteiger partial charge in [0.25, 0.3) is 0 Å². The molecule has 2 aromatic rings. The normalized spacial score (nSPS) is 30.5. The highest BCUT2D eigenvalue weighted by molar-refractivity contribution is 6.20. The number of phenolic OH excluding ortho intramolecular Hbond substituents is 1. The second kappa shape index (κ2) is 7.61. The number of hydrogen-bond donors (Lipinski definition) is 4. The standard InChI is InChI=1S/C27H26O7/c1-12-3-5-14(6-4-12)17-7-8-19(29)23-18(17)10-15-9-16-11-20(30)21(13(2)28)25(32)27(16,34)26(33)22(15)24(23)31/h3-8,15-16,22,26,29,32-34H,9-11H2,1-2H3/t15-,16+,22?,26?,27-/m1/s1. The molecule has 5 rings (SSSR count). The molecule has 0 amide bonds. The van der Waals surface area contributed by atoms with Gasteiger partial charge in [0.15, 0.2) is 23.0 Å². The Morgan fingerprint density at radius 1 is 1.03 bits per heavy atom. The lowest BCUT2D eigenvalue weighted by Crippen LogP contribution is -2.64. The summed E-state index contributed by atoms with van der Waals surface area (Å²) < 4.78 is 0. The molecule has 176 valence electrons. The van der Waals surface area contributed by atoms with Crippen molar-refractivity contribution >= 4 is 17.3 Å². The highest BCUT2D eigenvalue weighted by Crippen LogP contribution is 2.53. The first-order chi connectivity index (χ1) is 16.1. The molecular weight excluding hydrogens is 436 g/mol. The summed E-state index contributed by atoms with van der Waals surface area (Å²) in [5.74, 6) is -5.22. The van der Waals surface area contributed by atoms with E-state index in [1.807, 2.05) is 31.2 Å². The minimum Gasteiger partial charge on any atom is -0.508 e. The van der Waals surface area contributed by atoms with Gasteiger partial charge in [0.1, 0.15) is 23.2 Å². The first kappa shape index (κ1) is 22.5. The number of benzene rings is 2. The number of carbonyl (C=O) groups is 3. The predicted molar refractivity (Wildman–Crippen MR) is 122 cm³/mol. The van der Waals surface area contributed by atoms with Crippen molar-refractivity contribution in [2.24, 2.45) is 17.8 Å². The van der Waals surface area contributed by atoms with Crippen molar-refractivity contribution in [1.29, 1.82) is 0 Å². The van der Waals surface area contributed by atoms with Crippen molar-refractivity contribution in [2.75, 3.05) is 0 Å². The quantitative estimate of drug-likeness (QED) is 0.505. The van der Waals surface area contributed by atoms with Crippen molar-refractivity contribution in [2.45, 2.75) is 44.8 Å². The maximum atomic E-state index is 13.7. The summed E-state index contributed by atoms with van der Waals surface area (Å²) in [5.41, 5.74) is 0.734. The summed E-state index contributed by atoms with van der Waals surface area (Å²) in [7, 11) is 0. The van der Waals surface area contributed by atoms with Crippen LogP contribution >= 0.6 is 0 Å². The highest BCUT2D eigenvalue weighted by Gasteiger charge is 2.62. The van der Waals surface area contributed by atoms with E-state index in [1.165, 1.54) is 6.07 Å². The summed E-state index contributed by atoms with van der Waals surface area (Å²) in [6.07, 6.45) is -1.39. The van der Waals surface area contributed by atoms with Crippen molar-refractivity contribution in [1.82, 2.24) is 0 Å². The summed E-state index contributed by atoms with van der Waals surface area (Å²) in [6.45, 7) is 3.08. The third kappa shape index (κ3) is 3.00. The molecule has 34 heavy (non-hydrogen) atoms. The first-order valence-corrected chi connectivity index (χ1v) is 11.4. The van der Waals surface area contributed by atoms with E-state index in [0.29, 0.717) is 12.0 Å². The summed E-state index contributed by atoms with van der Waals surface area (Å²) in [4.78, 5) is 38.2. The topological polar surface area (TPSA) is 132 Å². The van der Waals surface area contributed by atoms with Crippen molar-refractivity contribution in [3.8, 4) is 16.9 Å². The van der Waals surface area contributed by atoms with Gasteiger partial charge in [-0.3, -0.25) is 14.4 Å². The molecule has 3 aliphatic carbocycles. The Morgan fingerprint density at radius 2 is 1.71 bits per heavy atom. The van der Waals surface area contributed by atoms with Crippen molar-refractivity contribution < 1.29 is 34.8 Å². The Balaban J connectivity index is 1.63. The second-order valence-corrected chi connectivity index (χ2v) is 9.82. The van der Waals surface area contributed by atoms with Gasteiger partial charge in [-0.1, -0.05) is 35.9 Å². The van der Waals surface area contributed by atoms with E-state index in [1.54, 1.807) is 6.07 Å². The van der Waals surface area contributed by atoms with Gasteiger partial charge in [0.05, 0.1) is 11.5 Å². The summed E-state index contributed by atoms with van der Waals surface area (Å²) >= 11 is 0. The maximum Gasteiger partial charge on any atom is 0.172 e. The van der Waals surface area contributed by atoms with Crippen LogP contribution in [0.4, 0.5) is 0 Å². The van der Waals surface area contributed by atoms with E-state index in [9.17, 15) is 34.8 Å². The van der Waals surface area contributed by atoms with Crippen molar-refractivity contribution in [3.63, 3.8) is 0 Å². The van der Waals surface area contributed by atoms with Crippen LogP contribution in [-0.4, -0.2) is 49.5 Å². The molecule has 3 aliphatic rings. The number of phenols is 1. The zero-order chi connectivity index (χ0) is 24.5. The van der Waals surface area contributed by atoms with Crippen LogP contribution in [0.1, 0.15) is 41.3 Å². The molecule has 2 aromatic carbocycles. The van der Waals surface area contributed by atoms with Gasteiger partial charge in [0.2, 0.25) is 0 Å². The molecule has 7 heteroatoms. The number of aryl methyl sites for hydroxylation is 1. The Bertz CT molecular complexity index is 1270. The molecular formula is C27H26O7. The smallest absolute Gasteiger partial charge is 0.172 e. The lowest BCUT2D eigenvalue weighted by molar-refractivity contribution is -0.170. The molecule has 7 nitrogen and oxygen atoms in total. The van der Waals surface area contributed by atoms with Crippen LogP contribution in [0.3, 0.4) is 0 Å². The summed E-state index contributed by atoms with van der Waals surface area (Å²) in [5, 5.41) is 44.0. The molecule has 2 unspecified atom stereocenters. The molecule has 0 saturated heterocycles. The van der Waals surface area contributed by atoms with E-state index in [2.05, 4.69) is 0 Å². The number of hydrogen-bond acceptors (Lipinski definition) is 7. The maximum absolute atomic E-state index is 13.7. The monoisotopic (exact) mass is 462 g/mol. The van der Waals surface area contributed by atoms with Gasteiger partial charge < -0.3 is 20.4 Å². The zero-order valence-corrected chi connectivity index (χ0v) is 18.9. The average Bonchev–Trinajstić information content (AvgIpc) is 2.77. The molecule has 4 N–H and O–H groups in total. The molecule has 1 saturated carbocycles. The number of fused-ring (bicyclic) bond motifs is 3. The average molecular weight is 462 g/mol. The number of allylic oxidation sites excluding steroid dienone is 1. The third-order valence-electron chi connectivity index (χ3n) is 7.86. The SMILES string of the molecule is CC(=O)C1=C(O)[C@@]2(O)C(O)C3C(=O)c4c(O)ccc(-c5ccc(C)cc5)c4C[C@H]3C[C@H]2CC1=O. The van der Waals surface area contributed by atoms with E-state index in [0.717, 1.165) is 23.6 Å². The van der Waals surface area contributed by atoms with Gasteiger partial charge in [0, 0.05) is 12.3 Å². The Morgan fingerprint density at radius 3 is 2.35 bits per heavy atom. The van der Waals surface area contributed by atoms with E-state index >= 15 is 0 Å². The third-order valence-corrected chi connectivity index (χ3v) is 7.86. The summed E-state index contributed by atoms with van der Waals surface area (Å²) in [6, 6.07) is 11.0. The number of rotatable bonds is 2. The number of aliphatic hydroxyl groups is 3. The van der Waals surface area contributed by atoms with Gasteiger partial charge in [-0.15, -0.1) is 0 Å². The zero-order valence-electron chi connectivity index (χ0n) is 18.9. The molecule has 0 radical (unpaired) electrons. The minimum atomic E-state index is -2.28. The number of aromatic hydroxyl groups is 1. The van der Waals surface area contributed by atoms with Gasteiger partial charge in [-0.2, -0.15) is 0 Å². The Kier molecular flexibility index (Phi) is 5.04. The fourth-order valence-electron chi connectivity index (χ4n) is 6.18. The molecule has 5 atom stereocenters. The molecule has 0 spiro atoms. The number of aliphatic hydroxyl groups excluding tert-OH is 2. The second-order valence-electron chi connectivity index (χ2n) is 9.82. The fraction of sp³-hybridized carbons (Fsp3) is 0.370. The molecule has 0 bridgehead atoms. The molecule has 1 fully saturated rings. The van der Waals surface area contributed by atoms with Crippen LogP contribution < -0.4 is 0 Å².